The standard InChI is InChI=1S/C16H32O2Si/c1-16(2,3)14-11-9-7-6-8-10-12-15(13-14)17-18-19(4)5/h13-14,19H,6-12H2,1-5H3. The third kappa shape index (κ3) is 7.16. The fraction of sp³-hybridized carbons (Fsp3) is 0.875. The fourth-order valence-electron chi connectivity index (χ4n) is 2.50. The lowest BCUT2D eigenvalue weighted by Crippen LogP contribution is -2.20. The van der Waals surface area contributed by atoms with Crippen LogP contribution in [0.3, 0.4) is 0 Å². The number of hydrogen-bond acceptors (Lipinski definition) is 2. The van der Waals surface area contributed by atoms with E-state index >= 15 is 0 Å². The maximum Gasteiger partial charge on any atom is 0.233 e. The SMILES string of the molecule is C[SiH](C)OOC1=CC(C(C)(C)C)CCCCCCC1. The van der Waals surface area contributed by atoms with Crippen molar-refractivity contribution in [3.05, 3.63) is 11.8 Å². The Morgan fingerprint density at radius 2 is 1.68 bits per heavy atom. The van der Waals surface area contributed by atoms with Crippen molar-refractivity contribution in [2.75, 3.05) is 0 Å². The smallest absolute Gasteiger partial charge is 0.233 e. The Labute approximate surface area is 121 Å². The minimum Gasteiger partial charge on any atom is -0.355 e. The first-order valence-corrected chi connectivity index (χ1v) is 10.7. The zero-order valence-corrected chi connectivity index (χ0v) is 14.7. The first-order valence-electron chi connectivity index (χ1n) is 7.93. The highest BCUT2D eigenvalue weighted by Crippen LogP contribution is 2.34. The van der Waals surface area contributed by atoms with Crippen molar-refractivity contribution in [1.29, 1.82) is 0 Å². The largest absolute Gasteiger partial charge is 0.355 e. The van der Waals surface area contributed by atoms with Crippen LogP contribution >= 0.6 is 0 Å². The summed E-state index contributed by atoms with van der Waals surface area (Å²) < 4.78 is 5.48. The fourth-order valence-corrected chi connectivity index (χ4v) is 2.81. The maximum atomic E-state index is 5.62. The van der Waals surface area contributed by atoms with Crippen molar-refractivity contribution in [1.82, 2.24) is 0 Å². The quantitative estimate of drug-likeness (QED) is 0.402. The van der Waals surface area contributed by atoms with Crippen LogP contribution in [0.2, 0.25) is 13.1 Å². The lowest BCUT2D eigenvalue weighted by Gasteiger charge is -2.29. The van der Waals surface area contributed by atoms with Gasteiger partial charge in [0.25, 0.3) is 0 Å². The molecular weight excluding hydrogens is 252 g/mol. The summed E-state index contributed by atoms with van der Waals surface area (Å²) in [6.45, 7) is 11.3. The highest BCUT2D eigenvalue weighted by atomic mass is 28.3. The van der Waals surface area contributed by atoms with E-state index in [9.17, 15) is 0 Å². The summed E-state index contributed by atoms with van der Waals surface area (Å²) in [6, 6.07) is 0. The normalized spacial score (nSPS) is 23.1. The van der Waals surface area contributed by atoms with Crippen LogP contribution in [-0.4, -0.2) is 9.04 Å². The van der Waals surface area contributed by atoms with Crippen molar-refractivity contribution in [2.45, 2.75) is 78.8 Å². The molecule has 1 aliphatic rings. The van der Waals surface area contributed by atoms with E-state index in [1.807, 2.05) is 0 Å². The van der Waals surface area contributed by atoms with Gasteiger partial charge in [0.05, 0.1) is 0 Å². The van der Waals surface area contributed by atoms with Gasteiger partial charge < -0.3 is 4.89 Å². The van der Waals surface area contributed by atoms with Gasteiger partial charge in [-0.1, -0.05) is 46.5 Å². The Hall–Kier alpha value is -0.283. The zero-order valence-electron chi connectivity index (χ0n) is 13.5. The molecule has 1 aliphatic carbocycles. The molecular formula is C16H32O2Si. The molecule has 19 heavy (non-hydrogen) atoms. The van der Waals surface area contributed by atoms with E-state index in [2.05, 4.69) is 39.9 Å². The van der Waals surface area contributed by atoms with Gasteiger partial charge in [-0.25, -0.2) is 4.58 Å². The summed E-state index contributed by atoms with van der Waals surface area (Å²) in [7, 11) is -1.11. The molecule has 0 bridgehead atoms. The van der Waals surface area contributed by atoms with Crippen molar-refractivity contribution in [3.8, 4) is 0 Å². The van der Waals surface area contributed by atoms with Gasteiger partial charge in [0.1, 0.15) is 5.76 Å². The van der Waals surface area contributed by atoms with Crippen molar-refractivity contribution < 1.29 is 9.46 Å². The molecule has 1 atom stereocenters. The van der Waals surface area contributed by atoms with E-state index in [1.165, 1.54) is 38.5 Å². The summed E-state index contributed by atoms with van der Waals surface area (Å²) in [4.78, 5) is 5.62. The van der Waals surface area contributed by atoms with Crippen LogP contribution in [0.4, 0.5) is 0 Å². The van der Waals surface area contributed by atoms with Gasteiger partial charge in [0.2, 0.25) is 9.04 Å². The molecule has 0 saturated carbocycles. The van der Waals surface area contributed by atoms with Crippen LogP contribution in [0.25, 0.3) is 0 Å². The average molecular weight is 285 g/mol. The lowest BCUT2D eigenvalue weighted by atomic mass is 9.77. The summed E-state index contributed by atoms with van der Waals surface area (Å²) in [6.07, 6.45) is 11.3. The summed E-state index contributed by atoms with van der Waals surface area (Å²) in [5, 5.41) is 0. The third-order valence-electron chi connectivity index (χ3n) is 3.79. The van der Waals surface area contributed by atoms with E-state index in [1.54, 1.807) is 0 Å². The molecule has 0 fully saturated rings. The first kappa shape index (κ1) is 16.8. The second-order valence-electron chi connectivity index (χ2n) is 7.14. The van der Waals surface area contributed by atoms with E-state index in [0.717, 1.165) is 12.2 Å². The van der Waals surface area contributed by atoms with E-state index < -0.39 is 9.04 Å². The Morgan fingerprint density at radius 3 is 2.32 bits per heavy atom. The predicted molar refractivity (Wildman–Crippen MR) is 84.4 cm³/mol. The lowest BCUT2D eigenvalue weighted by molar-refractivity contribution is -0.175. The van der Waals surface area contributed by atoms with Crippen LogP contribution in [-0.2, 0) is 9.46 Å². The monoisotopic (exact) mass is 284 g/mol. The van der Waals surface area contributed by atoms with E-state index in [0.29, 0.717) is 11.3 Å². The molecule has 112 valence electrons. The van der Waals surface area contributed by atoms with Gasteiger partial charge >= 0.3 is 0 Å². The second-order valence-corrected chi connectivity index (χ2v) is 9.43. The zero-order chi connectivity index (χ0) is 14.3. The molecule has 0 aromatic rings. The summed E-state index contributed by atoms with van der Waals surface area (Å²) >= 11 is 0. The molecule has 2 nitrogen and oxygen atoms in total. The molecule has 0 aromatic carbocycles. The number of allylic oxidation sites excluding steroid dienone is 2. The molecule has 0 aromatic heterocycles. The third-order valence-corrected chi connectivity index (χ3v) is 4.27. The van der Waals surface area contributed by atoms with Gasteiger partial charge in [-0.2, -0.15) is 0 Å². The number of rotatable bonds is 3. The molecule has 0 saturated heterocycles. The van der Waals surface area contributed by atoms with E-state index in [-0.39, 0.29) is 0 Å². The molecule has 3 heteroatoms. The van der Waals surface area contributed by atoms with Gasteiger partial charge in [-0.3, -0.25) is 0 Å². The molecule has 1 unspecified atom stereocenters. The van der Waals surface area contributed by atoms with Gasteiger partial charge in [-0.15, -0.1) is 0 Å². The highest BCUT2D eigenvalue weighted by molar-refractivity contribution is 6.48. The van der Waals surface area contributed by atoms with Crippen LogP contribution in [0, 0.1) is 11.3 Å². The van der Waals surface area contributed by atoms with Crippen LogP contribution in [0.1, 0.15) is 65.7 Å². The molecule has 0 heterocycles. The van der Waals surface area contributed by atoms with Crippen LogP contribution in [0.5, 0.6) is 0 Å². The van der Waals surface area contributed by atoms with Crippen molar-refractivity contribution in [2.24, 2.45) is 11.3 Å². The molecule has 0 radical (unpaired) electrons. The minimum absolute atomic E-state index is 0.309. The Bertz CT molecular complexity index is 279. The first-order chi connectivity index (χ1) is 8.89. The highest BCUT2D eigenvalue weighted by Gasteiger charge is 2.24. The van der Waals surface area contributed by atoms with Crippen LogP contribution < -0.4 is 0 Å². The molecule has 0 N–H and O–H groups in total. The second kappa shape index (κ2) is 8.10. The van der Waals surface area contributed by atoms with Crippen molar-refractivity contribution >= 4 is 9.04 Å². The average Bonchev–Trinajstić information content (AvgIpc) is 2.32. The van der Waals surface area contributed by atoms with Gasteiger partial charge in [0.15, 0.2) is 0 Å². The van der Waals surface area contributed by atoms with E-state index in [4.69, 9.17) is 9.46 Å². The molecule has 0 spiro atoms. The molecule has 0 amide bonds. The Morgan fingerprint density at radius 1 is 1.05 bits per heavy atom. The summed E-state index contributed by atoms with van der Waals surface area (Å²) in [5.74, 6) is 1.67. The van der Waals surface area contributed by atoms with Crippen LogP contribution in [0.15, 0.2) is 11.8 Å². The Balaban J connectivity index is 2.74. The minimum atomic E-state index is -1.11. The van der Waals surface area contributed by atoms with Crippen molar-refractivity contribution in [3.63, 3.8) is 0 Å². The van der Waals surface area contributed by atoms with Gasteiger partial charge in [-0.05, 0) is 43.3 Å². The summed E-state index contributed by atoms with van der Waals surface area (Å²) in [5.41, 5.74) is 0.309. The predicted octanol–water partition coefficient (Wildman–Crippen LogP) is 5.21. The Kier molecular flexibility index (Phi) is 7.15. The molecule has 0 aliphatic heterocycles. The van der Waals surface area contributed by atoms with Gasteiger partial charge in [0, 0.05) is 6.42 Å². The topological polar surface area (TPSA) is 18.5 Å². The maximum absolute atomic E-state index is 5.62. The number of hydrogen-bond donors (Lipinski definition) is 0. The molecule has 1 rings (SSSR count).